The minimum Gasteiger partial charge on any atom is -0.304 e. The Morgan fingerprint density at radius 1 is 1.15 bits per heavy atom. The van der Waals surface area contributed by atoms with Gasteiger partial charge in [0.1, 0.15) is 15.7 Å². The van der Waals surface area contributed by atoms with Crippen LogP contribution in [0.5, 0.6) is 0 Å². The van der Waals surface area contributed by atoms with E-state index in [0.717, 1.165) is 62.5 Å². The van der Waals surface area contributed by atoms with Crippen LogP contribution in [0.15, 0.2) is 17.0 Å². The van der Waals surface area contributed by atoms with Crippen molar-refractivity contribution in [1.29, 1.82) is 0 Å². The molecule has 1 unspecified atom stereocenters. The van der Waals surface area contributed by atoms with Gasteiger partial charge in [0.05, 0.1) is 11.4 Å². The second kappa shape index (κ2) is 11.1. The summed E-state index contributed by atoms with van der Waals surface area (Å²) in [6, 6.07) is 3.52. The number of piperazine rings is 1. The van der Waals surface area contributed by atoms with E-state index in [-0.39, 0.29) is 14.9 Å². The summed E-state index contributed by atoms with van der Waals surface area (Å²) in [6.45, 7) is 11.4. The van der Waals surface area contributed by atoms with Crippen molar-refractivity contribution in [2.75, 3.05) is 44.5 Å². The molecule has 0 radical (unpaired) electrons. The van der Waals surface area contributed by atoms with E-state index in [0.29, 0.717) is 18.0 Å². The predicted octanol–water partition coefficient (Wildman–Crippen LogP) is 4.77. The Hall–Kier alpha value is -1.16. The first-order chi connectivity index (χ1) is 15.5. The Labute approximate surface area is 208 Å². The Bertz CT molecular complexity index is 996. The second-order valence-electron chi connectivity index (χ2n) is 9.39. The number of halogens is 2. The molecule has 10 heteroatoms. The van der Waals surface area contributed by atoms with E-state index in [1.807, 2.05) is 14.0 Å². The molecule has 1 aromatic carbocycles. The molecule has 2 heterocycles. The molecule has 2 aromatic rings. The molecule has 1 aliphatic rings. The van der Waals surface area contributed by atoms with Crippen molar-refractivity contribution in [2.45, 2.75) is 44.9 Å². The number of aryl methyl sites for hydroxylation is 2. The zero-order valence-electron chi connectivity index (χ0n) is 20.2. The molecule has 1 aliphatic heterocycles. The van der Waals surface area contributed by atoms with Crippen LogP contribution in [0.2, 0.25) is 10.0 Å². The van der Waals surface area contributed by atoms with Gasteiger partial charge in [0.2, 0.25) is 0 Å². The van der Waals surface area contributed by atoms with Gasteiger partial charge < -0.3 is 9.80 Å². The largest absolute Gasteiger partial charge is 0.349 e. The summed E-state index contributed by atoms with van der Waals surface area (Å²) in [6.07, 6.45) is 2.48. The van der Waals surface area contributed by atoms with Crippen LogP contribution in [0, 0.1) is 12.8 Å². The van der Waals surface area contributed by atoms with Crippen LogP contribution < -0.4 is 4.72 Å². The summed E-state index contributed by atoms with van der Waals surface area (Å²) in [4.78, 5) is 4.83. The maximum absolute atomic E-state index is 13.4. The van der Waals surface area contributed by atoms with Crippen LogP contribution in [-0.2, 0) is 34.5 Å². The van der Waals surface area contributed by atoms with Crippen molar-refractivity contribution in [1.82, 2.24) is 19.6 Å². The summed E-state index contributed by atoms with van der Waals surface area (Å²) in [7, 11) is 0.238. The third-order valence-electron chi connectivity index (χ3n) is 6.12. The topological polar surface area (TPSA) is 73.6 Å². The quantitative estimate of drug-likeness (QED) is 0.469. The Morgan fingerprint density at radius 3 is 2.33 bits per heavy atom. The van der Waals surface area contributed by atoms with Gasteiger partial charge in [-0.15, -0.1) is 0 Å². The van der Waals surface area contributed by atoms with Crippen molar-refractivity contribution < 1.29 is 8.76 Å². The highest BCUT2D eigenvalue weighted by atomic mass is 35.5. The summed E-state index contributed by atoms with van der Waals surface area (Å²) in [5.41, 5.74) is 3.05. The molecule has 7 nitrogen and oxygen atoms in total. The summed E-state index contributed by atoms with van der Waals surface area (Å²) in [5, 5.41) is 4.90. The lowest BCUT2D eigenvalue weighted by atomic mass is 10.1. The van der Waals surface area contributed by atoms with Gasteiger partial charge in [-0.05, 0) is 67.6 Å². The predicted molar refractivity (Wildman–Crippen MR) is 138 cm³/mol. The number of aromatic nitrogens is 2. The first-order valence-corrected chi connectivity index (χ1v) is 13.7. The van der Waals surface area contributed by atoms with Crippen LogP contribution in [0.3, 0.4) is 0 Å². The van der Waals surface area contributed by atoms with Gasteiger partial charge in [0.15, 0.2) is 0 Å². The normalized spacial score (nSPS) is 17.5. The highest BCUT2D eigenvalue weighted by Crippen LogP contribution is 2.36. The number of anilines is 1. The number of hydrogen-bond acceptors (Lipinski definition) is 4. The van der Waals surface area contributed by atoms with Crippen molar-refractivity contribution >= 4 is 39.3 Å². The molecule has 1 fully saturated rings. The van der Waals surface area contributed by atoms with E-state index in [1.165, 1.54) is 0 Å². The SMILES string of the molecule is Cc1c(N[S+](=O)(O)c2c(Cl)cc(CCCN3CCN(C)CC3)cc2Cl)c(CC(C)C)nn1C. The monoisotopic (exact) mass is 516 g/mol. The van der Waals surface area contributed by atoms with E-state index >= 15 is 0 Å². The molecule has 1 saturated heterocycles. The van der Waals surface area contributed by atoms with E-state index in [2.05, 4.69) is 40.5 Å². The zero-order valence-corrected chi connectivity index (χ0v) is 22.5. The Morgan fingerprint density at radius 2 is 1.76 bits per heavy atom. The van der Waals surface area contributed by atoms with Gasteiger partial charge in [-0.25, -0.2) is 0 Å². The lowest BCUT2D eigenvalue weighted by Gasteiger charge is -2.32. The molecule has 33 heavy (non-hydrogen) atoms. The van der Waals surface area contributed by atoms with Gasteiger partial charge in [-0.2, -0.15) is 14.4 Å². The third-order valence-corrected chi connectivity index (χ3v) is 8.41. The molecule has 0 spiro atoms. The highest BCUT2D eigenvalue weighted by Gasteiger charge is 2.38. The fourth-order valence-electron chi connectivity index (χ4n) is 4.13. The van der Waals surface area contributed by atoms with Gasteiger partial charge in [0.25, 0.3) is 4.90 Å². The van der Waals surface area contributed by atoms with Crippen molar-refractivity contribution in [3.05, 3.63) is 39.1 Å². The average Bonchev–Trinajstić information content (AvgIpc) is 2.95. The number of nitrogens with zero attached hydrogens (tertiary/aromatic N) is 4. The Kier molecular flexibility index (Phi) is 8.86. The number of hydrogen-bond donors (Lipinski definition) is 2. The van der Waals surface area contributed by atoms with Crippen LogP contribution in [0.1, 0.15) is 37.2 Å². The minimum atomic E-state index is -3.73. The van der Waals surface area contributed by atoms with Gasteiger partial charge >= 0.3 is 10.4 Å². The lowest BCUT2D eigenvalue weighted by Crippen LogP contribution is -2.44. The van der Waals surface area contributed by atoms with Crippen molar-refractivity contribution in [3.63, 3.8) is 0 Å². The molecule has 0 bridgehead atoms. The van der Waals surface area contributed by atoms with E-state index in [9.17, 15) is 8.76 Å². The summed E-state index contributed by atoms with van der Waals surface area (Å²) >= 11 is 13.0. The molecule has 184 valence electrons. The van der Waals surface area contributed by atoms with Crippen molar-refractivity contribution in [3.8, 4) is 0 Å². The van der Waals surface area contributed by atoms with E-state index < -0.39 is 10.4 Å². The fraction of sp³-hybridized carbons (Fsp3) is 0.609. The van der Waals surface area contributed by atoms with Crippen molar-refractivity contribution in [2.24, 2.45) is 13.0 Å². The molecular formula is C23H36Cl2N5O2S+. The van der Waals surface area contributed by atoms with Crippen LogP contribution in [-0.4, -0.2) is 63.9 Å². The summed E-state index contributed by atoms with van der Waals surface area (Å²) in [5.74, 6) is 0.354. The third kappa shape index (κ3) is 6.71. The van der Waals surface area contributed by atoms with Gasteiger partial charge in [-0.3, -0.25) is 4.68 Å². The van der Waals surface area contributed by atoms with E-state index in [4.69, 9.17) is 23.2 Å². The second-order valence-corrected chi connectivity index (χ2v) is 11.9. The maximum Gasteiger partial charge on any atom is 0.349 e. The molecule has 0 aliphatic carbocycles. The molecular weight excluding hydrogens is 481 g/mol. The molecule has 3 rings (SSSR count). The van der Waals surface area contributed by atoms with Crippen LogP contribution >= 0.6 is 23.2 Å². The Balaban J connectivity index is 1.73. The molecule has 1 aromatic heterocycles. The number of nitrogens with one attached hydrogen (secondary N) is 1. The van der Waals surface area contributed by atoms with Crippen LogP contribution in [0.4, 0.5) is 5.69 Å². The minimum absolute atomic E-state index is 0.0207. The smallest absolute Gasteiger partial charge is 0.304 e. The molecule has 2 N–H and O–H groups in total. The lowest BCUT2D eigenvalue weighted by molar-refractivity contribution is 0.153. The van der Waals surface area contributed by atoms with Gasteiger partial charge in [0, 0.05) is 33.2 Å². The maximum atomic E-state index is 13.4. The number of benzene rings is 1. The first-order valence-electron chi connectivity index (χ1n) is 11.4. The molecule has 0 amide bonds. The fourth-order valence-corrected chi connectivity index (χ4v) is 6.58. The van der Waals surface area contributed by atoms with Gasteiger partial charge in [-0.1, -0.05) is 37.0 Å². The average molecular weight is 518 g/mol. The highest BCUT2D eigenvalue weighted by molar-refractivity contribution is 7.99. The molecule has 1 atom stereocenters. The van der Waals surface area contributed by atoms with Crippen LogP contribution in [0.25, 0.3) is 0 Å². The summed E-state index contributed by atoms with van der Waals surface area (Å²) < 4.78 is 28.9. The first kappa shape index (κ1) is 26.4. The standard InChI is InChI=1S/C23H35Cl2N5O2S/c1-16(2)13-21-22(17(3)29(5)26-21)27-33(31,32)23-19(24)14-18(15-20(23)25)7-6-8-30-11-9-28(4)10-12-30/h14-16H,6-13H2,1-5H3,(H-,27,31,32)/p+1. The number of likely N-dealkylation sites (N-methyl/N-ethyl adjacent to an activating group) is 1. The number of rotatable bonds is 9. The zero-order chi connectivity index (χ0) is 24.3. The van der Waals surface area contributed by atoms with E-state index in [1.54, 1.807) is 16.8 Å². The molecule has 0 saturated carbocycles.